The van der Waals surface area contributed by atoms with Crippen LogP contribution in [0.25, 0.3) is 0 Å². The van der Waals surface area contributed by atoms with Gasteiger partial charge in [0, 0.05) is 39.2 Å². The predicted molar refractivity (Wildman–Crippen MR) is 108 cm³/mol. The molecular formula is C22H35N3O2. The lowest BCUT2D eigenvalue weighted by Gasteiger charge is -2.32. The first-order valence-electron chi connectivity index (χ1n) is 10.4. The highest BCUT2D eigenvalue weighted by Gasteiger charge is 2.35. The first-order chi connectivity index (χ1) is 13.0. The van der Waals surface area contributed by atoms with Crippen molar-refractivity contribution in [2.45, 2.75) is 57.8 Å². The van der Waals surface area contributed by atoms with Gasteiger partial charge in [0.15, 0.2) is 0 Å². The summed E-state index contributed by atoms with van der Waals surface area (Å²) in [5.74, 6) is 0.690. The third-order valence-electron chi connectivity index (χ3n) is 6.10. The van der Waals surface area contributed by atoms with Crippen LogP contribution in [0.5, 0.6) is 0 Å². The number of methoxy groups -OCH3 is 1. The van der Waals surface area contributed by atoms with E-state index in [4.69, 9.17) is 4.74 Å². The molecule has 0 spiro atoms. The van der Waals surface area contributed by atoms with Crippen molar-refractivity contribution in [3.63, 3.8) is 0 Å². The van der Waals surface area contributed by atoms with E-state index in [1.807, 2.05) is 0 Å². The van der Waals surface area contributed by atoms with Crippen molar-refractivity contribution in [1.82, 2.24) is 15.1 Å². The van der Waals surface area contributed by atoms with Crippen LogP contribution in [0, 0.1) is 5.92 Å². The Morgan fingerprint density at radius 1 is 1.19 bits per heavy atom. The fourth-order valence-corrected chi connectivity index (χ4v) is 4.32. The summed E-state index contributed by atoms with van der Waals surface area (Å²) in [6.45, 7) is 9.35. The van der Waals surface area contributed by atoms with Gasteiger partial charge in [-0.15, -0.1) is 0 Å². The van der Waals surface area contributed by atoms with E-state index in [2.05, 4.69) is 59.3 Å². The standard InChI is InChI=1S/C22H35N3O2/c1-17(2)25-15-20(21(16-25)27-3)23-22(26)13-18-9-11-24(12-10-18)14-19-7-5-4-6-8-19/h4-8,17-18,20-21H,9-16H2,1-3H3,(H,23,26)/t20-,21-/m1/s1. The number of piperidine rings is 1. The summed E-state index contributed by atoms with van der Waals surface area (Å²) in [6.07, 6.45) is 2.96. The highest BCUT2D eigenvalue weighted by molar-refractivity contribution is 5.76. The SMILES string of the molecule is CO[C@@H]1CN(C(C)C)C[C@H]1NC(=O)CC1CCN(Cc2ccccc2)CC1. The van der Waals surface area contributed by atoms with Crippen LogP contribution in [0.3, 0.4) is 0 Å². The van der Waals surface area contributed by atoms with Crippen molar-refractivity contribution in [2.75, 3.05) is 33.3 Å². The summed E-state index contributed by atoms with van der Waals surface area (Å²) in [7, 11) is 1.75. The van der Waals surface area contributed by atoms with Gasteiger partial charge in [-0.1, -0.05) is 30.3 Å². The second kappa shape index (κ2) is 9.67. The van der Waals surface area contributed by atoms with Crippen LogP contribution in [-0.2, 0) is 16.1 Å². The molecule has 1 amide bonds. The Labute approximate surface area is 164 Å². The molecule has 2 aliphatic rings. The average Bonchev–Trinajstić information content (AvgIpc) is 3.07. The monoisotopic (exact) mass is 373 g/mol. The fraction of sp³-hybridized carbons (Fsp3) is 0.682. The molecule has 3 rings (SSSR count). The van der Waals surface area contributed by atoms with Crippen LogP contribution in [0.1, 0.15) is 38.7 Å². The van der Waals surface area contributed by atoms with E-state index < -0.39 is 0 Å². The molecule has 1 N–H and O–H groups in total. The minimum atomic E-state index is 0.101. The summed E-state index contributed by atoms with van der Waals surface area (Å²) in [5, 5.41) is 3.24. The first-order valence-corrected chi connectivity index (χ1v) is 10.4. The zero-order valence-electron chi connectivity index (χ0n) is 17.1. The van der Waals surface area contributed by atoms with E-state index >= 15 is 0 Å². The molecule has 0 bridgehead atoms. The van der Waals surface area contributed by atoms with Gasteiger partial charge in [-0.2, -0.15) is 0 Å². The number of ether oxygens (including phenoxy) is 1. The Balaban J connectivity index is 1.40. The van der Waals surface area contributed by atoms with Crippen molar-refractivity contribution < 1.29 is 9.53 Å². The number of amides is 1. The zero-order valence-corrected chi connectivity index (χ0v) is 17.1. The normalized spacial score (nSPS) is 25.2. The molecule has 0 unspecified atom stereocenters. The van der Waals surface area contributed by atoms with Crippen molar-refractivity contribution in [3.8, 4) is 0 Å². The van der Waals surface area contributed by atoms with Gasteiger partial charge in [0.1, 0.15) is 0 Å². The van der Waals surface area contributed by atoms with Crippen molar-refractivity contribution >= 4 is 5.91 Å². The Bertz CT molecular complexity index is 584. The van der Waals surface area contributed by atoms with E-state index in [1.165, 1.54) is 5.56 Å². The second-order valence-electron chi connectivity index (χ2n) is 8.41. The second-order valence-corrected chi connectivity index (χ2v) is 8.41. The van der Waals surface area contributed by atoms with E-state index in [9.17, 15) is 4.79 Å². The van der Waals surface area contributed by atoms with E-state index in [0.717, 1.165) is 45.6 Å². The largest absolute Gasteiger partial charge is 0.378 e. The maximum atomic E-state index is 12.6. The van der Waals surface area contributed by atoms with Gasteiger partial charge in [0.2, 0.25) is 5.91 Å². The molecule has 0 aliphatic carbocycles. The average molecular weight is 374 g/mol. The first kappa shape index (κ1) is 20.3. The molecule has 0 aromatic heterocycles. The number of rotatable bonds is 7. The van der Waals surface area contributed by atoms with E-state index in [1.54, 1.807) is 7.11 Å². The summed E-state index contributed by atoms with van der Waals surface area (Å²) in [6, 6.07) is 11.2. The van der Waals surface area contributed by atoms with Gasteiger partial charge >= 0.3 is 0 Å². The molecule has 2 atom stereocenters. The molecule has 150 valence electrons. The number of hydrogen-bond acceptors (Lipinski definition) is 4. The molecule has 5 heteroatoms. The Kier molecular flexibility index (Phi) is 7.27. The predicted octanol–water partition coefficient (Wildman–Crippen LogP) is 2.51. The molecule has 2 fully saturated rings. The van der Waals surface area contributed by atoms with Gasteiger partial charge in [-0.3, -0.25) is 14.6 Å². The highest BCUT2D eigenvalue weighted by atomic mass is 16.5. The van der Waals surface area contributed by atoms with Crippen LogP contribution < -0.4 is 5.32 Å². The van der Waals surface area contributed by atoms with E-state index in [-0.39, 0.29) is 18.1 Å². The minimum Gasteiger partial charge on any atom is -0.378 e. The molecular weight excluding hydrogens is 338 g/mol. The van der Waals surface area contributed by atoms with Gasteiger partial charge in [-0.05, 0) is 51.3 Å². The number of likely N-dealkylation sites (tertiary alicyclic amines) is 2. The summed E-state index contributed by atoms with van der Waals surface area (Å²) in [4.78, 5) is 17.5. The number of carbonyl (C=O) groups excluding carboxylic acids is 1. The quantitative estimate of drug-likeness (QED) is 0.798. The van der Waals surface area contributed by atoms with Gasteiger partial charge in [0.25, 0.3) is 0 Å². The highest BCUT2D eigenvalue weighted by Crippen LogP contribution is 2.22. The summed E-state index contributed by atoms with van der Waals surface area (Å²) >= 11 is 0. The third-order valence-corrected chi connectivity index (χ3v) is 6.10. The fourth-order valence-electron chi connectivity index (χ4n) is 4.32. The van der Waals surface area contributed by atoms with Crippen molar-refractivity contribution in [2.24, 2.45) is 5.92 Å². The molecule has 1 aromatic carbocycles. The molecule has 5 nitrogen and oxygen atoms in total. The van der Waals surface area contributed by atoms with Gasteiger partial charge < -0.3 is 10.1 Å². The molecule has 2 aliphatic heterocycles. The van der Waals surface area contributed by atoms with Crippen molar-refractivity contribution in [3.05, 3.63) is 35.9 Å². The van der Waals surface area contributed by atoms with Crippen LogP contribution >= 0.6 is 0 Å². The topological polar surface area (TPSA) is 44.8 Å². The third kappa shape index (κ3) is 5.77. The lowest BCUT2D eigenvalue weighted by atomic mass is 9.92. The number of carbonyl (C=O) groups is 1. The lowest BCUT2D eigenvalue weighted by Crippen LogP contribution is -2.45. The molecule has 0 saturated carbocycles. The number of hydrogen-bond donors (Lipinski definition) is 1. The molecule has 1 aromatic rings. The Morgan fingerprint density at radius 3 is 2.52 bits per heavy atom. The maximum Gasteiger partial charge on any atom is 0.220 e. The number of nitrogens with one attached hydrogen (secondary N) is 1. The van der Waals surface area contributed by atoms with Gasteiger partial charge in [-0.25, -0.2) is 0 Å². The van der Waals surface area contributed by atoms with Crippen LogP contribution in [0.4, 0.5) is 0 Å². The van der Waals surface area contributed by atoms with E-state index in [0.29, 0.717) is 18.4 Å². The Morgan fingerprint density at radius 2 is 1.89 bits per heavy atom. The molecule has 0 radical (unpaired) electrons. The summed E-state index contributed by atoms with van der Waals surface area (Å²) in [5.41, 5.74) is 1.37. The smallest absolute Gasteiger partial charge is 0.220 e. The maximum absolute atomic E-state index is 12.6. The number of benzene rings is 1. The molecule has 2 saturated heterocycles. The van der Waals surface area contributed by atoms with Crippen LogP contribution in [-0.4, -0.2) is 67.2 Å². The van der Waals surface area contributed by atoms with Gasteiger partial charge in [0.05, 0.1) is 12.1 Å². The molecule has 2 heterocycles. The summed E-state index contributed by atoms with van der Waals surface area (Å²) < 4.78 is 5.60. The van der Waals surface area contributed by atoms with Crippen LogP contribution in [0.2, 0.25) is 0 Å². The molecule has 27 heavy (non-hydrogen) atoms. The minimum absolute atomic E-state index is 0.101. The zero-order chi connectivity index (χ0) is 19.2. The van der Waals surface area contributed by atoms with Crippen molar-refractivity contribution in [1.29, 1.82) is 0 Å². The Hall–Kier alpha value is -1.43. The number of nitrogens with zero attached hydrogens (tertiary/aromatic N) is 2. The van der Waals surface area contributed by atoms with Crippen LogP contribution in [0.15, 0.2) is 30.3 Å². The lowest BCUT2D eigenvalue weighted by molar-refractivity contribution is -0.123.